The van der Waals surface area contributed by atoms with Crippen LogP contribution in [0, 0.1) is 13.8 Å². The van der Waals surface area contributed by atoms with E-state index < -0.39 is 0 Å². The first-order chi connectivity index (χ1) is 11.4. The fourth-order valence-corrected chi connectivity index (χ4v) is 3.27. The zero-order valence-electron chi connectivity index (χ0n) is 14.7. The molecule has 0 aromatic heterocycles. The standard InChI is InChI=1S/C21H25NO2/c1-14(2)12-22-13-19(10-17-9-15(3)5-6-16(17)4)24-21-11-18(23)7-8-20(21)22/h5-9,11,19,23H,1,10,12-13H2,2-4H3. The summed E-state index contributed by atoms with van der Waals surface area (Å²) in [6, 6.07) is 11.9. The molecule has 1 atom stereocenters. The number of fused-ring (bicyclic) bond motifs is 1. The van der Waals surface area contributed by atoms with E-state index in [0.29, 0.717) is 0 Å². The number of aryl methyl sites for hydroxylation is 2. The van der Waals surface area contributed by atoms with Gasteiger partial charge in [-0.15, -0.1) is 0 Å². The predicted octanol–water partition coefficient (Wildman–Crippen LogP) is 4.40. The number of hydrogen-bond acceptors (Lipinski definition) is 3. The van der Waals surface area contributed by atoms with Gasteiger partial charge < -0.3 is 14.7 Å². The molecule has 2 aromatic carbocycles. The molecule has 1 unspecified atom stereocenters. The summed E-state index contributed by atoms with van der Waals surface area (Å²) in [5.74, 6) is 0.981. The van der Waals surface area contributed by atoms with E-state index in [1.165, 1.54) is 16.7 Å². The van der Waals surface area contributed by atoms with Crippen LogP contribution in [0.15, 0.2) is 48.6 Å². The lowest BCUT2D eigenvalue weighted by molar-refractivity contribution is 0.193. The molecular formula is C21H25NO2. The van der Waals surface area contributed by atoms with E-state index in [4.69, 9.17) is 4.74 Å². The smallest absolute Gasteiger partial charge is 0.146 e. The number of anilines is 1. The van der Waals surface area contributed by atoms with Crippen molar-refractivity contribution in [3.8, 4) is 11.5 Å². The highest BCUT2D eigenvalue weighted by atomic mass is 16.5. The molecule has 1 aliphatic rings. The van der Waals surface area contributed by atoms with E-state index in [1.807, 2.05) is 13.0 Å². The second kappa shape index (κ2) is 6.60. The van der Waals surface area contributed by atoms with Crippen LogP contribution in [0.2, 0.25) is 0 Å². The van der Waals surface area contributed by atoms with Crippen molar-refractivity contribution in [1.82, 2.24) is 0 Å². The van der Waals surface area contributed by atoms with Gasteiger partial charge in [-0.3, -0.25) is 0 Å². The lowest BCUT2D eigenvalue weighted by atomic mass is 9.99. The Morgan fingerprint density at radius 2 is 2.04 bits per heavy atom. The number of phenolic OH excluding ortho intramolecular Hbond substituents is 1. The molecule has 3 rings (SSSR count). The summed E-state index contributed by atoms with van der Waals surface area (Å²) in [6.45, 7) is 12.0. The van der Waals surface area contributed by atoms with Gasteiger partial charge in [0.2, 0.25) is 0 Å². The van der Waals surface area contributed by atoms with Crippen LogP contribution < -0.4 is 9.64 Å². The first-order valence-corrected chi connectivity index (χ1v) is 8.37. The quantitative estimate of drug-likeness (QED) is 0.847. The van der Waals surface area contributed by atoms with Crippen molar-refractivity contribution in [2.45, 2.75) is 33.3 Å². The average Bonchev–Trinajstić information content (AvgIpc) is 2.50. The summed E-state index contributed by atoms with van der Waals surface area (Å²) < 4.78 is 6.19. The highest BCUT2D eigenvalue weighted by molar-refractivity contribution is 5.63. The van der Waals surface area contributed by atoms with Crippen molar-refractivity contribution in [3.05, 3.63) is 65.2 Å². The zero-order valence-corrected chi connectivity index (χ0v) is 14.7. The van der Waals surface area contributed by atoms with Crippen molar-refractivity contribution in [2.75, 3.05) is 18.0 Å². The Hall–Kier alpha value is -2.42. The number of aromatic hydroxyl groups is 1. The van der Waals surface area contributed by atoms with E-state index in [1.54, 1.807) is 12.1 Å². The van der Waals surface area contributed by atoms with Crippen LogP contribution in [-0.4, -0.2) is 24.3 Å². The Bertz CT molecular complexity index is 766. The average molecular weight is 323 g/mol. The van der Waals surface area contributed by atoms with Gasteiger partial charge >= 0.3 is 0 Å². The summed E-state index contributed by atoms with van der Waals surface area (Å²) in [4.78, 5) is 2.29. The summed E-state index contributed by atoms with van der Waals surface area (Å²) in [5.41, 5.74) is 6.01. The molecule has 1 aliphatic heterocycles. The maximum Gasteiger partial charge on any atom is 0.146 e. The number of nitrogens with zero attached hydrogens (tertiary/aromatic N) is 1. The molecule has 0 bridgehead atoms. The topological polar surface area (TPSA) is 32.7 Å². The highest BCUT2D eigenvalue weighted by Crippen LogP contribution is 2.37. The number of hydrogen-bond donors (Lipinski definition) is 1. The van der Waals surface area contributed by atoms with Gasteiger partial charge in [0.25, 0.3) is 0 Å². The minimum absolute atomic E-state index is 0.0548. The molecule has 3 heteroatoms. The number of phenols is 1. The van der Waals surface area contributed by atoms with Gasteiger partial charge in [0.05, 0.1) is 12.2 Å². The molecule has 0 spiro atoms. The Morgan fingerprint density at radius 3 is 2.79 bits per heavy atom. The molecule has 0 saturated carbocycles. The molecule has 0 fully saturated rings. The molecule has 1 N–H and O–H groups in total. The number of ether oxygens (including phenoxy) is 1. The molecule has 3 nitrogen and oxygen atoms in total. The predicted molar refractivity (Wildman–Crippen MR) is 99.2 cm³/mol. The Balaban J connectivity index is 1.88. The summed E-state index contributed by atoms with van der Waals surface area (Å²) in [6.07, 6.45) is 0.911. The second-order valence-electron chi connectivity index (χ2n) is 6.86. The largest absolute Gasteiger partial charge is 0.508 e. The third-order valence-corrected chi connectivity index (χ3v) is 4.41. The Labute approximate surface area is 144 Å². The van der Waals surface area contributed by atoms with E-state index >= 15 is 0 Å². The van der Waals surface area contributed by atoms with Crippen molar-refractivity contribution in [2.24, 2.45) is 0 Å². The SMILES string of the molecule is C=C(C)CN1CC(Cc2cc(C)ccc2C)Oc2cc(O)ccc21. The minimum atomic E-state index is 0.0548. The van der Waals surface area contributed by atoms with Gasteiger partial charge in [-0.1, -0.05) is 35.9 Å². The van der Waals surface area contributed by atoms with Crippen LogP contribution >= 0.6 is 0 Å². The van der Waals surface area contributed by atoms with E-state index in [2.05, 4.69) is 43.5 Å². The first kappa shape index (κ1) is 16.4. The molecular weight excluding hydrogens is 298 g/mol. The van der Waals surface area contributed by atoms with E-state index in [0.717, 1.165) is 36.5 Å². The molecule has 2 aromatic rings. The lowest BCUT2D eigenvalue weighted by Crippen LogP contribution is -2.42. The third kappa shape index (κ3) is 3.56. The summed E-state index contributed by atoms with van der Waals surface area (Å²) in [7, 11) is 0. The van der Waals surface area contributed by atoms with Gasteiger partial charge in [-0.25, -0.2) is 0 Å². The molecule has 0 saturated heterocycles. The van der Waals surface area contributed by atoms with Crippen LogP contribution in [0.5, 0.6) is 11.5 Å². The van der Waals surface area contributed by atoms with Crippen molar-refractivity contribution < 1.29 is 9.84 Å². The van der Waals surface area contributed by atoms with Crippen LogP contribution in [0.3, 0.4) is 0 Å². The van der Waals surface area contributed by atoms with Crippen molar-refractivity contribution in [1.29, 1.82) is 0 Å². The molecule has 0 aliphatic carbocycles. The Kier molecular flexibility index (Phi) is 4.52. The minimum Gasteiger partial charge on any atom is -0.508 e. The number of rotatable bonds is 4. The lowest BCUT2D eigenvalue weighted by Gasteiger charge is -2.37. The molecule has 24 heavy (non-hydrogen) atoms. The molecule has 1 heterocycles. The summed E-state index contributed by atoms with van der Waals surface area (Å²) in [5, 5.41) is 9.80. The highest BCUT2D eigenvalue weighted by Gasteiger charge is 2.26. The first-order valence-electron chi connectivity index (χ1n) is 8.37. The van der Waals surface area contributed by atoms with Gasteiger partial charge in [-0.05, 0) is 44.0 Å². The maximum atomic E-state index is 9.80. The van der Waals surface area contributed by atoms with Crippen LogP contribution in [0.4, 0.5) is 5.69 Å². The van der Waals surface area contributed by atoms with E-state index in [9.17, 15) is 5.11 Å². The number of benzene rings is 2. The van der Waals surface area contributed by atoms with Crippen LogP contribution in [-0.2, 0) is 6.42 Å². The van der Waals surface area contributed by atoms with Crippen LogP contribution in [0.25, 0.3) is 0 Å². The molecule has 0 radical (unpaired) electrons. The van der Waals surface area contributed by atoms with Crippen molar-refractivity contribution >= 4 is 5.69 Å². The van der Waals surface area contributed by atoms with E-state index in [-0.39, 0.29) is 11.9 Å². The van der Waals surface area contributed by atoms with Gasteiger partial charge in [-0.2, -0.15) is 0 Å². The maximum absolute atomic E-state index is 9.80. The molecule has 0 amide bonds. The van der Waals surface area contributed by atoms with Gasteiger partial charge in [0, 0.05) is 19.0 Å². The zero-order chi connectivity index (χ0) is 17.3. The fraction of sp³-hybridized carbons (Fsp3) is 0.333. The van der Waals surface area contributed by atoms with Gasteiger partial charge in [0.15, 0.2) is 0 Å². The Morgan fingerprint density at radius 1 is 1.25 bits per heavy atom. The molecule has 126 valence electrons. The van der Waals surface area contributed by atoms with Crippen molar-refractivity contribution in [3.63, 3.8) is 0 Å². The van der Waals surface area contributed by atoms with Crippen LogP contribution in [0.1, 0.15) is 23.6 Å². The second-order valence-corrected chi connectivity index (χ2v) is 6.86. The van der Waals surface area contributed by atoms with Gasteiger partial charge in [0.1, 0.15) is 17.6 Å². The monoisotopic (exact) mass is 323 g/mol. The third-order valence-electron chi connectivity index (χ3n) is 4.41. The fourth-order valence-electron chi connectivity index (χ4n) is 3.27. The normalized spacial score (nSPS) is 16.5. The summed E-state index contributed by atoms with van der Waals surface area (Å²) >= 11 is 0.